The van der Waals surface area contributed by atoms with Crippen molar-refractivity contribution < 1.29 is 4.74 Å². The molecule has 0 spiro atoms. The lowest BCUT2D eigenvalue weighted by Gasteiger charge is -2.19. The van der Waals surface area contributed by atoms with Gasteiger partial charge in [-0.3, -0.25) is 0 Å². The largest absolute Gasteiger partial charge is 0.496 e. The Hall–Kier alpha value is -1.06. The fraction of sp³-hybridized carbons (Fsp3) is 0.625. The number of nitrogens with zero attached hydrogens (tertiary/aromatic N) is 1. The number of nitrogens with one attached hydrogen (secondary N) is 1. The molecule has 1 aliphatic rings. The van der Waals surface area contributed by atoms with Gasteiger partial charge in [-0.25, -0.2) is 0 Å². The summed E-state index contributed by atoms with van der Waals surface area (Å²) in [6.45, 7) is 7.78. The SMILES string of the molecule is COc1ccc(C2CCN(C)CCN2)cc1C(C)C. The van der Waals surface area contributed by atoms with Gasteiger partial charge in [-0.15, -0.1) is 0 Å². The molecule has 0 radical (unpaired) electrons. The molecule has 0 bridgehead atoms. The normalized spacial score (nSPS) is 21.4. The highest BCUT2D eigenvalue weighted by Crippen LogP contribution is 2.30. The minimum atomic E-state index is 0.466. The van der Waals surface area contributed by atoms with E-state index in [4.69, 9.17) is 4.74 Å². The van der Waals surface area contributed by atoms with E-state index >= 15 is 0 Å². The summed E-state index contributed by atoms with van der Waals surface area (Å²) in [4.78, 5) is 2.39. The zero-order chi connectivity index (χ0) is 13.8. The molecular formula is C16H26N2O. The van der Waals surface area contributed by atoms with Crippen molar-refractivity contribution in [2.24, 2.45) is 0 Å². The minimum Gasteiger partial charge on any atom is -0.496 e. The van der Waals surface area contributed by atoms with Crippen molar-refractivity contribution in [1.82, 2.24) is 10.2 Å². The second-order valence-corrected chi connectivity index (χ2v) is 5.75. The maximum absolute atomic E-state index is 5.46. The third-order valence-corrected chi connectivity index (χ3v) is 3.96. The zero-order valence-corrected chi connectivity index (χ0v) is 12.6. The van der Waals surface area contributed by atoms with E-state index in [1.165, 1.54) is 17.5 Å². The summed E-state index contributed by atoms with van der Waals surface area (Å²) in [5.74, 6) is 1.49. The molecule has 2 rings (SSSR count). The van der Waals surface area contributed by atoms with Crippen LogP contribution in [0.1, 0.15) is 43.4 Å². The van der Waals surface area contributed by atoms with E-state index in [0.717, 1.165) is 25.4 Å². The molecule has 1 aromatic rings. The second kappa shape index (κ2) is 6.40. The van der Waals surface area contributed by atoms with Crippen LogP contribution >= 0.6 is 0 Å². The van der Waals surface area contributed by atoms with Crippen LogP contribution < -0.4 is 10.1 Å². The molecule has 0 aromatic heterocycles. The summed E-state index contributed by atoms with van der Waals surface area (Å²) in [6.07, 6.45) is 1.17. The fourth-order valence-corrected chi connectivity index (χ4v) is 2.70. The van der Waals surface area contributed by atoms with Crippen molar-refractivity contribution >= 4 is 0 Å². The van der Waals surface area contributed by atoms with Gasteiger partial charge in [-0.05, 0) is 43.1 Å². The van der Waals surface area contributed by atoms with Crippen LogP contribution in [-0.4, -0.2) is 38.7 Å². The average Bonchev–Trinajstić information content (AvgIpc) is 2.62. The van der Waals surface area contributed by atoms with Gasteiger partial charge >= 0.3 is 0 Å². The number of rotatable bonds is 3. The molecule has 1 aromatic carbocycles. The van der Waals surface area contributed by atoms with Gasteiger partial charge in [-0.1, -0.05) is 26.0 Å². The Morgan fingerprint density at radius 3 is 2.79 bits per heavy atom. The Labute approximate surface area is 116 Å². The Bertz CT molecular complexity index is 417. The molecule has 1 heterocycles. The predicted octanol–water partition coefficient (Wildman–Crippen LogP) is 2.78. The van der Waals surface area contributed by atoms with Gasteiger partial charge in [0.1, 0.15) is 5.75 Å². The van der Waals surface area contributed by atoms with Crippen LogP contribution in [0.3, 0.4) is 0 Å². The molecule has 3 heteroatoms. The summed E-state index contributed by atoms with van der Waals surface area (Å²) in [6, 6.07) is 7.09. The van der Waals surface area contributed by atoms with Crippen molar-refractivity contribution in [2.75, 3.05) is 33.8 Å². The highest BCUT2D eigenvalue weighted by molar-refractivity contribution is 5.40. The summed E-state index contributed by atoms with van der Waals surface area (Å²) in [7, 11) is 3.94. The molecule has 0 amide bonds. The number of methoxy groups -OCH3 is 1. The summed E-state index contributed by atoms with van der Waals surface area (Å²) in [5, 5.41) is 3.65. The van der Waals surface area contributed by atoms with E-state index < -0.39 is 0 Å². The molecule has 3 nitrogen and oxygen atoms in total. The predicted molar refractivity (Wildman–Crippen MR) is 79.9 cm³/mol. The lowest BCUT2D eigenvalue weighted by Crippen LogP contribution is -2.25. The van der Waals surface area contributed by atoms with Gasteiger partial charge in [0.25, 0.3) is 0 Å². The van der Waals surface area contributed by atoms with Crippen molar-refractivity contribution in [3.05, 3.63) is 29.3 Å². The summed E-state index contributed by atoms with van der Waals surface area (Å²) in [5.41, 5.74) is 2.69. The molecule has 1 atom stereocenters. The first kappa shape index (κ1) is 14.4. The number of hydrogen-bond acceptors (Lipinski definition) is 3. The summed E-state index contributed by atoms with van der Waals surface area (Å²) < 4.78 is 5.46. The van der Waals surface area contributed by atoms with E-state index in [1.807, 2.05) is 0 Å². The standard InChI is InChI=1S/C16H26N2O/c1-12(2)14-11-13(5-6-16(14)19-4)15-7-9-18(3)10-8-17-15/h5-6,11-12,15,17H,7-10H2,1-4H3. The van der Waals surface area contributed by atoms with Crippen LogP contribution in [0.5, 0.6) is 5.75 Å². The van der Waals surface area contributed by atoms with E-state index in [1.54, 1.807) is 7.11 Å². The van der Waals surface area contributed by atoms with Gasteiger partial charge < -0.3 is 15.0 Å². The first-order valence-corrected chi connectivity index (χ1v) is 7.21. The third-order valence-electron chi connectivity index (χ3n) is 3.96. The molecule has 1 N–H and O–H groups in total. The Balaban J connectivity index is 2.22. The highest BCUT2D eigenvalue weighted by Gasteiger charge is 2.18. The van der Waals surface area contributed by atoms with Crippen molar-refractivity contribution in [1.29, 1.82) is 0 Å². The third kappa shape index (κ3) is 3.48. The van der Waals surface area contributed by atoms with Crippen LogP contribution in [0.15, 0.2) is 18.2 Å². The molecule has 106 valence electrons. The van der Waals surface area contributed by atoms with Crippen LogP contribution in [0.25, 0.3) is 0 Å². The van der Waals surface area contributed by atoms with Gasteiger partial charge in [0.2, 0.25) is 0 Å². The summed E-state index contributed by atoms with van der Waals surface area (Å²) >= 11 is 0. The monoisotopic (exact) mass is 262 g/mol. The molecule has 1 fully saturated rings. The molecule has 1 unspecified atom stereocenters. The van der Waals surface area contributed by atoms with Gasteiger partial charge in [0, 0.05) is 19.1 Å². The number of likely N-dealkylation sites (N-methyl/N-ethyl adjacent to an activating group) is 1. The maximum Gasteiger partial charge on any atom is 0.122 e. The second-order valence-electron chi connectivity index (χ2n) is 5.75. The molecule has 0 saturated carbocycles. The zero-order valence-electron chi connectivity index (χ0n) is 12.6. The van der Waals surface area contributed by atoms with Crippen molar-refractivity contribution in [3.63, 3.8) is 0 Å². The van der Waals surface area contributed by atoms with E-state index in [2.05, 4.69) is 49.3 Å². The number of benzene rings is 1. The van der Waals surface area contributed by atoms with Crippen molar-refractivity contribution in [2.45, 2.75) is 32.2 Å². The van der Waals surface area contributed by atoms with Crippen LogP contribution in [-0.2, 0) is 0 Å². The Kier molecular flexibility index (Phi) is 4.83. The minimum absolute atomic E-state index is 0.466. The molecular weight excluding hydrogens is 236 g/mol. The molecule has 19 heavy (non-hydrogen) atoms. The lowest BCUT2D eigenvalue weighted by molar-refractivity contribution is 0.355. The van der Waals surface area contributed by atoms with E-state index in [-0.39, 0.29) is 0 Å². The van der Waals surface area contributed by atoms with Crippen LogP contribution in [0.4, 0.5) is 0 Å². The topological polar surface area (TPSA) is 24.5 Å². The average molecular weight is 262 g/mol. The lowest BCUT2D eigenvalue weighted by atomic mass is 9.95. The Morgan fingerprint density at radius 2 is 2.11 bits per heavy atom. The molecule has 1 aliphatic heterocycles. The van der Waals surface area contributed by atoms with E-state index in [9.17, 15) is 0 Å². The maximum atomic E-state index is 5.46. The number of hydrogen-bond donors (Lipinski definition) is 1. The Morgan fingerprint density at radius 1 is 1.32 bits per heavy atom. The van der Waals surface area contributed by atoms with Crippen LogP contribution in [0, 0.1) is 0 Å². The first-order valence-electron chi connectivity index (χ1n) is 7.21. The number of ether oxygens (including phenoxy) is 1. The highest BCUT2D eigenvalue weighted by atomic mass is 16.5. The fourth-order valence-electron chi connectivity index (χ4n) is 2.70. The van der Waals surface area contributed by atoms with E-state index in [0.29, 0.717) is 12.0 Å². The quantitative estimate of drug-likeness (QED) is 0.906. The van der Waals surface area contributed by atoms with Crippen LogP contribution in [0.2, 0.25) is 0 Å². The first-order chi connectivity index (χ1) is 9.11. The molecule has 0 aliphatic carbocycles. The van der Waals surface area contributed by atoms with Gasteiger partial charge in [0.15, 0.2) is 0 Å². The van der Waals surface area contributed by atoms with Gasteiger partial charge in [0.05, 0.1) is 7.11 Å². The smallest absolute Gasteiger partial charge is 0.122 e. The van der Waals surface area contributed by atoms with Gasteiger partial charge in [-0.2, -0.15) is 0 Å². The molecule has 1 saturated heterocycles. The van der Waals surface area contributed by atoms with Crippen molar-refractivity contribution in [3.8, 4) is 5.75 Å².